The fourth-order valence-corrected chi connectivity index (χ4v) is 1.93. The van der Waals surface area contributed by atoms with Crippen LogP contribution in [0.15, 0.2) is 24.3 Å². The van der Waals surface area contributed by atoms with Gasteiger partial charge in [0.25, 0.3) is 0 Å². The summed E-state index contributed by atoms with van der Waals surface area (Å²) in [7, 11) is 1.27. The van der Waals surface area contributed by atoms with Crippen molar-refractivity contribution in [3.8, 4) is 0 Å². The van der Waals surface area contributed by atoms with Crippen molar-refractivity contribution in [1.29, 1.82) is 0 Å². The van der Waals surface area contributed by atoms with E-state index in [1.807, 2.05) is 31.2 Å². The lowest BCUT2D eigenvalue weighted by molar-refractivity contribution is -0.143. The number of Topliss-reactive ketones (excluding diaryl/α,β-unsaturated/α-hetero) is 1. The monoisotopic (exact) mass is 261 g/mol. The molecule has 0 N–H and O–H groups in total. The van der Waals surface area contributed by atoms with Crippen LogP contribution in [0.4, 0.5) is 0 Å². The first-order valence-electron chi connectivity index (χ1n) is 6.00. The molecule has 0 aliphatic heterocycles. The van der Waals surface area contributed by atoms with Crippen LogP contribution in [0.3, 0.4) is 0 Å². The first-order chi connectivity index (χ1) is 9.11. The maximum Gasteiger partial charge on any atom is 0.313 e. The summed E-state index contributed by atoms with van der Waals surface area (Å²) in [6.45, 7) is 1.87. The highest BCUT2D eigenvalue weighted by Gasteiger charge is 2.17. The van der Waals surface area contributed by atoms with Gasteiger partial charge < -0.3 is 4.74 Å². The fraction of sp³-hybridized carbons (Fsp3) is 0.385. The van der Waals surface area contributed by atoms with Gasteiger partial charge in [-0.25, -0.2) is 4.68 Å². The summed E-state index contributed by atoms with van der Waals surface area (Å²) in [5.41, 5.74) is 1.66. The molecule has 0 saturated heterocycles. The Morgan fingerprint density at radius 3 is 2.84 bits per heavy atom. The van der Waals surface area contributed by atoms with Gasteiger partial charge in [0.15, 0.2) is 0 Å². The van der Waals surface area contributed by atoms with E-state index in [0.29, 0.717) is 0 Å². The van der Waals surface area contributed by atoms with Crippen LogP contribution in [0.1, 0.15) is 25.8 Å². The number of hydrogen-bond acceptors (Lipinski definition) is 5. The van der Waals surface area contributed by atoms with Gasteiger partial charge >= 0.3 is 5.97 Å². The van der Waals surface area contributed by atoms with Crippen molar-refractivity contribution in [3.05, 3.63) is 24.3 Å². The summed E-state index contributed by atoms with van der Waals surface area (Å²) >= 11 is 0. The van der Waals surface area contributed by atoms with Crippen LogP contribution >= 0.6 is 0 Å². The molecule has 6 nitrogen and oxygen atoms in total. The summed E-state index contributed by atoms with van der Waals surface area (Å²) in [4.78, 5) is 22.7. The van der Waals surface area contributed by atoms with Gasteiger partial charge in [0.2, 0.25) is 0 Å². The number of para-hydroxylation sites is 1. The van der Waals surface area contributed by atoms with E-state index < -0.39 is 5.97 Å². The standard InChI is InChI=1S/C13H15N3O3/c1-9(7-10(17)8-13(18)19-2)16-12-6-4-3-5-11(12)14-15-16/h3-6,9H,7-8H2,1-2H3/t9-/m0/s1. The van der Waals surface area contributed by atoms with Gasteiger partial charge in [0, 0.05) is 6.42 Å². The lowest BCUT2D eigenvalue weighted by Gasteiger charge is -2.11. The molecule has 0 bridgehead atoms. The lowest BCUT2D eigenvalue weighted by atomic mass is 10.1. The Morgan fingerprint density at radius 1 is 1.37 bits per heavy atom. The Kier molecular flexibility index (Phi) is 3.89. The third-order valence-electron chi connectivity index (χ3n) is 2.89. The number of hydrogen-bond donors (Lipinski definition) is 0. The molecule has 1 heterocycles. The van der Waals surface area contributed by atoms with Gasteiger partial charge in [0.05, 0.1) is 18.7 Å². The number of esters is 1. The molecule has 2 rings (SSSR count). The number of benzene rings is 1. The van der Waals surface area contributed by atoms with Crippen molar-refractivity contribution in [2.75, 3.05) is 7.11 Å². The maximum atomic E-state index is 11.7. The van der Waals surface area contributed by atoms with Gasteiger partial charge in [-0.05, 0) is 19.1 Å². The van der Waals surface area contributed by atoms with Crippen molar-refractivity contribution >= 4 is 22.8 Å². The van der Waals surface area contributed by atoms with E-state index in [1.165, 1.54) is 7.11 Å². The number of carbonyl (C=O) groups is 2. The summed E-state index contributed by atoms with van der Waals surface area (Å²) in [6.07, 6.45) is 0.0237. The Hall–Kier alpha value is -2.24. The van der Waals surface area contributed by atoms with E-state index in [-0.39, 0.29) is 24.7 Å². The third-order valence-corrected chi connectivity index (χ3v) is 2.89. The van der Waals surface area contributed by atoms with E-state index in [9.17, 15) is 9.59 Å². The molecule has 0 radical (unpaired) electrons. The van der Waals surface area contributed by atoms with Crippen LogP contribution in [-0.2, 0) is 14.3 Å². The fourth-order valence-electron chi connectivity index (χ4n) is 1.93. The number of ether oxygens (including phenoxy) is 1. The number of rotatable bonds is 5. The Labute approximate surface area is 110 Å². The van der Waals surface area contributed by atoms with Gasteiger partial charge in [-0.1, -0.05) is 17.3 Å². The molecule has 0 amide bonds. The first kappa shape index (κ1) is 13.2. The average Bonchev–Trinajstić information content (AvgIpc) is 2.82. The van der Waals surface area contributed by atoms with Crippen molar-refractivity contribution < 1.29 is 14.3 Å². The van der Waals surface area contributed by atoms with Crippen molar-refractivity contribution in [1.82, 2.24) is 15.0 Å². The smallest absolute Gasteiger partial charge is 0.313 e. The summed E-state index contributed by atoms with van der Waals surface area (Å²) in [6, 6.07) is 7.39. The van der Waals surface area contributed by atoms with Gasteiger partial charge in [0.1, 0.15) is 17.7 Å². The lowest BCUT2D eigenvalue weighted by Crippen LogP contribution is -2.15. The molecule has 0 spiro atoms. The van der Waals surface area contributed by atoms with Crippen LogP contribution in [0.5, 0.6) is 0 Å². The minimum Gasteiger partial charge on any atom is -0.469 e. The number of carbonyl (C=O) groups excluding carboxylic acids is 2. The normalized spacial score (nSPS) is 12.3. The number of ketones is 1. The van der Waals surface area contributed by atoms with Gasteiger partial charge in [-0.3, -0.25) is 9.59 Å². The Balaban J connectivity index is 2.09. The van der Waals surface area contributed by atoms with E-state index in [4.69, 9.17) is 0 Å². The SMILES string of the molecule is COC(=O)CC(=O)C[C@H](C)n1nnc2ccccc21. The second kappa shape index (κ2) is 5.60. The van der Waals surface area contributed by atoms with E-state index in [2.05, 4.69) is 15.0 Å². The second-order valence-corrected chi connectivity index (χ2v) is 4.37. The number of fused-ring (bicyclic) bond motifs is 1. The molecule has 0 aliphatic rings. The quantitative estimate of drug-likeness (QED) is 0.602. The molecule has 1 atom stereocenters. The zero-order valence-corrected chi connectivity index (χ0v) is 10.9. The molecular formula is C13H15N3O3. The van der Waals surface area contributed by atoms with Gasteiger partial charge in [-0.15, -0.1) is 5.10 Å². The molecule has 1 aromatic carbocycles. The van der Waals surface area contributed by atoms with Crippen LogP contribution in [0.25, 0.3) is 11.0 Å². The summed E-state index contributed by atoms with van der Waals surface area (Å²) in [5.74, 6) is -0.681. The molecule has 6 heteroatoms. The maximum absolute atomic E-state index is 11.7. The van der Waals surface area contributed by atoms with Crippen LogP contribution in [0.2, 0.25) is 0 Å². The third kappa shape index (κ3) is 2.96. The molecule has 100 valence electrons. The van der Waals surface area contributed by atoms with E-state index in [0.717, 1.165) is 11.0 Å². The summed E-state index contributed by atoms with van der Waals surface area (Å²) < 4.78 is 6.17. The Bertz CT molecular complexity index is 606. The average molecular weight is 261 g/mol. The molecule has 0 aliphatic carbocycles. The predicted molar refractivity (Wildman–Crippen MR) is 68.5 cm³/mol. The highest BCUT2D eigenvalue weighted by atomic mass is 16.5. The highest BCUT2D eigenvalue weighted by molar-refractivity contribution is 5.95. The molecule has 0 saturated carbocycles. The second-order valence-electron chi connectivity index (χ2n) is 4.37. The molecule has 1 aromatic heterocycles. The minimum atomic E-state index is -0.513. The zero-order chi connectivity index (χ0) is 13.8. The molecule has 0 unspecified atom stereocenters. The Morgan fingerprint density at radius 2 is 2.11 bits per heavy atom. The summed E-state index contributed by atoms with van der Waals surface area (Å²) in [5, 5.41) is 8.08. The van der Waals surface area contributed by atoms with E-state index >= 15 is 0 Å². The van der Waals surface area contributed by atoms with Gasteiger partial charge in [-0.2, -0.15) is 0 Å². The molecule has 2 aromatic rings. The van der Waals surface area contributed by atoms with Crippen LogP contribution in [0, 0.1) is 0 Å². The number of methoxy groups -OCH3 is 1. The zero-order valence-electron chi connectivity index (χ0n) is 10.9. The molecular weight excluding hydrogens is 246 g/mol. The first-order valence-corrected chi connectivity index (χ1v) is 6.00. The number of aromatic nitrogens is 3. The topological polar surface area (TPSA) is 74.1 Å². The van der Waals surface area contributed by atoms with Crippen LogP contribution in [-0.4, -0.2) is 33.9 Å². The minimum absolute atomic E-state index is 0.149. The molecule has 0 fully saturated rings. The van der Waals surface area contributed by atoms with Crippen molar-refractivity contribution in [3.63, 3.8) is 0 Å². The largest absolute Gasteiger partial charge is 0.469 e. The van der Waals surface area contributed by atoms with Crippen molar-refractivity contribution in [2.45, 2.75) is 25.8 Å². The number of nitrogens with zero attached hydrogens (tertiary/aromatic N) is 3. The molecule has 19 heavy (non-hydrogen) atoms. The van der Waals surface area contributed by atoms with Crippen LogP contribution < -0.4 is 0 Å². The van der Waals surface area contributed by atoms with Crippen molar-refractivity contribution in [2.24, 2.45) is 0 Å². The predicted octanol–water partition coefficient (Wildman–Crippen LogP) is 1.51. The highest BCUT2D eigenvalue weighted by Crippen LogP contribution is 2.18. The van der Waals surface area contributed by atoms with E-state index in [1.54, 1.807) is 4.68 Å².